The van der Waals surface area contributed by atoms with Gasteiger partial charge in [0.15, 0.2) is 0 Å². The molecule has 12 nitrogen and oxygen atoms in total. The quantitative estimate of drug-likeness (QED) is 0.144. The Morgan fingerprint density at radius 1 is 0.880 bits per heavy atom. The third-order valence-corrected chi connectivity index (χ3v) is 9.05. The molecule has 3 amide bonds. The highest BCUT2D eigenvalue weighted by Gasteiger charge is 2.38. The van der Waals surface area contributed by atoms with Crippen LogP contribution in [0.15, 0.2) is 42.5 Å². The van der Waals surface area contributed by atoms with Crippen molar-refractivity contribution in [3.05, 3.63) is 70.8 Å². The van der Waals surface area contributed by atoms with E-state index in [1.54, 1.807) is 43.0 Å². The number of benzene rings is 2. The van der Waals surface area contributed by atoms with Gasteiger partial charge >= 0.3 is 11.9 Å². The number of halogens is 2. The lowest BCUT2D eigenvalue weighted by Gasteiger charge is -2.33. The fourth-order valence-electron chi connectivity index (χ4n) is 6.31. The number of nitrogens with zero attached hydrogens (tertiary/aromatic N) is 1. The second-order valence-corrected chi connectivity index (χ2v) is 13.2. The number of carboxylic acids is 2. The van der Waals surface area contributed by atoms with Crippen molar-refractivity contribution in [2.75, 3.05) is 13.1 Å². The van der Waals surface area contributed by atoms with Crippen LogP contribution in [-0.4, -0.2) is 87.2 Å². The normalized spacial score (nSPS) is 19.2. The SMILES string of the molecule is CCN(CC)C(=O)c1cccc(CN[C@@H](Cc2cc(F)cc(F)c2)[C@@H](O)CC(=O)N[C@H](C(=O)NC2CC(C(=O)O)CC(C(=O)O)C2)C(C)C)c1. The number of amides is 3. The molecule has 0 saturated heterocycles. The summed E-state index contributed by atoms with van der Waals surface area (Å²) in [7, 11) is 0. The van der Waals surface area contributed by atoms with Gasteiger partial charge < -0.3 is 36.2 Å². The summed E-state index contributed by atoms with van der Waals surface area (Å²) in [5.41, 5.74) is 1.40. The van der Waals surface area contributed by atoms with E-state index < -0.39 is 83.8 Å². The lowest BCUT2D eigenvalue weighted by molar-refractivity contribution is -0.149. The summed E-state index contributed by atoms with van der Waals surface area (Å²) in [4.78, 5) is 64.3. The predicted octanol–water partition coefficient (Wildman–Crippen LogP) is 3.11. The van der Waals surface area contributed by atoms with Gasteiger partial charge in [-0.1, -0.05) is 26.0 Å². The van der Waals surface area contributed by atoms with Crippen molar-refractivity contribution in [1.29, 1.82) is 0 Å². The maximum absolute atomic E-state index is 14.0. The van der Waals surface area contributed by atoms with Crippen molar-refractivity contribution in [2.45, 2.75) is 90.6 Å². The number of aliphatic hydroxyl groups is 1. The highest BCUT2D eigenvalue weighted by Crippen LogP contribution is 2.30. The largest absolute Gasteiger partial charge is 0.481 e. The molecular weight excluding hydrogens is 654 g/mol. The first-order valence-electron chi connectivity index (χ1n) is 16.9. The summed E-state index contributed by atoms with van der Waals surface area (Å²) in [6, 6.07) is 7.18. The Morgan fingerprint density at radius 3 is 2.02 bits per heavy atom. The minimum Gasteiger partial charge on any atom is -0.481 e. The van der Waals surface area contributed by atoms with Crippen LogP contribution < -0.4 is 16.0 Å². The van der Waals surface area contributed by atoms with Gasteiger partial charge in [-0.25, -0.2) is 8.78 Å². The molecule has 0 radical (unpaired) electrons. The van der Waals surface area contributed by atoms with E-state index in [-0.39, 0.29) is 43.7 Å². The zero-order valence-electron chi connectivity index (χ0n) is 28.8. The van der Waals surface area contributed by atoms with Crippen LogP contribution in [0.3, 0.4) is 0 Å². The zero-order chi connectivity index (χ0) is 37.1. The number of aliphatic hydroxyl groups excluding tert-OH is 1. The molecule has 14 heteroatoms. The van der Waals surface area contributed by atoms with E-state index in [4.69, 9.17) is 0 Å². The van der Waals surface area contributed by atoms with Crippen molar-refractivity contribution < 1.29 is 48.1 Å². The standard InChI is InChI=1S/C36H48F2N4O8/c1-5-42(6-2)34(46)23-9-7-8-21(10-23)19-39-29(13-22-11-26(37)17-27(38)12-22)30(43)18-31(44)41-32(20(3)4)33(45)40-28-15-24(35(47)48)14-25(16-28)36(49)50/h7-12,17,20,24-25,28-30,32,39,43H,5-6,13-16,18-19H2,1-4H3,(H,40,45)(H,41,44)(H,47,48)(H,49,50)/t24?,25?,28?,29-,30-,32-/m0/s1. The number of aliphatic carboxylic acids is 2. The molecule has 274 valence electrons. The molecule has 0 heterocycles. The Kier molecular flexibility index (Phi) is 14.8. The number of hydrogen-bond donors (Lipinski definition) is 6. The van der Waals surface area contributed by atoms with E-state index in [1.165, 1.54) is 0 Å². The maximum Gasteiger partial charge on any atom is 0.306 e. The van der Waals surface area contributed by atoms with Crippen LogP contribution in [-0.2, 0) is 32.1 Å². The zero-order valence-corrected chi connectivity index (χ0v) is 28.8. The minimum absolute atomic E-state index is 0.0445. The average molecular weight is 703 g/mol. The van der Waals surface area contributed by atoms with Crippen LogP contribution in [0, 0.1) is 29.4 Å². The third kappa shape index (κ3) is 11.6. The van der Waals surface area contributed by atoms with E-state index in [0.717, 1.165) is 18.2 Å². The van der Waals surface area contributed by atoms with E-state index in [9.17, 15) is 48.1 Å². The highest BCUT2D eigenvalue weighted by atomic mass is 19.1. The lowest BCUT2D eigenvalue weighted by atomic mass is 9.78. The first kappa shape index (κ1) is 40.0. The van der Waals surface area contributed by atoms with Gasteiger partial charge in [0, 0.05) is 43.3 Å². The molecule has 0 spiro atoms. The molecule has 1 aliphatic carbocycles. The average Bonchev–Trinajstić information content (AvgIpc) is 3.05. The Bertz CT molecular complexity index is 1480. The molecule has 6 N–H and O–H groups in total. The maximum atomic E-state index is 14.0. The van der Waals surface area contributed by atoms with Crippen LogP contribution >= 0.6 is 0 Å². The number of carbonyl (C=O) groups is 5. The van der Waals surface area contributed by atoms with E-state index in [2.05, 4.69) is 16.0 Å². The van der Waals surface area contributed by atoms with Crippen molar-refractivity contribution in [3.8, 4) is 0 Å². The fraction of sp³-hybridized carbons (Fsp3) is 0.528. The molecule has 1 aliphatic rings. The molecule has 3 rings (SSSR count). The molecule has 5 atom stereocenters. The van der Waals surface area contributed by atoms with Gasteiger partial charge in [-0.2, -0.15) is 0 Å². The number of hydrogen-bond acceptors (Lipinski definition) is 7. The molecule has 1 saturated carbocycles. The second-order valence-electron chi connectivity index (χ2n) is 13.2. The van der Waals surface area contributed by atoms with E-state index >= 15 is 0 Å². The van der Waals surface area contributed by atoms with Gasteiger partial charge in [-0.05, 0) is 80.8 Å². The van der Waals surface area contributed by atoms with E-state index in [0.29, 0.717) is 24.2 Å². The van der Waals surface area contributed by atoms with Crippen molar-refractivity contribution in [1.82, 2.24) is 20.9 Å². The smallest absolute Gasteiger partial charge is 0.306 e. The number of carbonyl (C=O) groups excluding carboxylic acids is 3. The molecule has 2 unspecified atom stereocenters. The third-order valence-electron chi connectivity index (χ3n) is 9.05. The van der Waals surface area contributed by atoms with Crippen molar-refractivity contribution >= 4 is 29.7 Å². The van der Waals surface area contributed by atoms with Crippen molar-refractivity contribution in [2.24, 2.45) is 17.8 Å². The summed E-state index contributed by atoms with van der Waals surface area (Å²) in [6.45, 7) is 8.35. The van der Waals surface area contributed by atoms with Gasteiger partial charge in [0.1, 0.15) is 17.7 Å². The molecule has 50 heavy (non-hydrogen) atoms. The summed E-state index contributed by atoms with van der Waals surface area (Å²) in [5.74, 6) is -7.68. The van der Waals surface area contributed by atoms with Gasteiger partial charge in [-0.3, -0.25) is 24.0 Å². The Hall–Kier alpha value is -4.43. The molecule has 0 aliphatic heterocycles. The summed E-state index contributed by atoms with van der Waals surface area (Å²) >= 11 is 0. The molecule has 0 bridgehead atoms. The van der Waals surface area contributed by atoms with Crippen LogP contribution in [0.25, 0.3) is 0 Å². The summed E-state index contributed by atoms with van der Waals surface area (Å²) in [6.07, 6.45) is -1.89. The monoisotopic (exact) mass is 702 g/mol. The van der Waals surface area contributed by atoms with Gasteiger partial charge in [0.2, 0.25) is 11.8 Å². The number of carboxylic acid groups (broad SMARTS) is 2. The van der Waals surface area contributed by atoms with Gasteiger partial charge in [0.05, 0.1) is 24.4 Å². The van der Waals surface area contributed by atoms with Crippen LogP contribution in [0.1, 0.15) is 74.9 Å². The fourth-order valence-corrected chi connectivity index (χ4v) is 6.31. The Morgan fingerprint density at radius 2 is 1.48 bits per heavy atom. The van der Waals surface area contributed by atoms with Gasteiger partial charge in [-0.15, -0.1) is 0 Å². The molecule has 1 fully saturated rings. The van der Waals surface area contributed by atoms with Crippen LogP contribution in [0.2, 0.25) is 0 Å². The molecular formula is C36H48F2N4O8. The predicted molar refractivity (Wildman–Crippen MR) is 180 cm³/mol. The van der Waals surface area contributed by atoms with E-state index in [1.807, 2.05) is 13.8 Å². The Labute approximate surface area is 290 Å². The first-order valence-corrected chi connectivity index (χ1v) is 16.9. The highest BCUT2D eigenvalue weighted by molar-refractivity contribution is 5.94. The van der Waals surface area contributed by atoms with Crippen LogP contribution in [0.5, 0.6) is 0 Å². The number of rotatable bonds is 17. The number of nitrogens with one attached hydrogen (secondary N) is 3. The topological polar surface area (TPSA) is 185 Å². The lowest BCUT2D eigenvalue weighted by Crippen LogP contribution is -2.54. The Balaban J connectivity index is 1.73. The second kappa shape index (κ2) is 18.5. The molecule has 2 aromatic rings. The van der Waals surface area contributed by atoms with Crippen LogP contribution in [0.4, 0.5) is 8.78 Å². The minimum atomic E-state index is -1.39. The molecule has 2 aromatic carbocycles. The summed E-state index contributed by atoms with van der Waals surface area (Å²) < 4.78 is 28.1. The molecule has 0 aromatic heterocycles. The van der Waals surface area contributed by atoms with Crippen molar-refractivity contribution in [3.63, 3.8) is 0 Å². The first-order chi connectivity index (χ1) is 23.6. The summed E-state index contributed by atoms with van der Waals surface area (Å²) in [5, 5.41) is 38.7. The van der Waals surface area contributed by atoms with Gasteiger partial charge in [0.25, 0.3) is 5.91 Å².